The molecule has 0 fully saturated rings. The van der Waals surface area contributed by atoms with Gasteiger partial charge in [-0.3, -0.25) is 0 Å². The second kappa shape index (κ2) is 7.67. The molecule has 0 atom stereocenters. The molecule has 0 saturated carbocycles. The van der Waals surface area contributed by atoms with Gasteiger partial charge in [-0.15, -0.1) is 0 Å². The number of nitrogens with zero attached hydrogens (tertiary/aromatic N) is 1. The predicted octanol–water partition coefficient (Wildman–Crippen LogP) is 2.69. The Morgan fingerprint density at radius 2 is 1.92 bits per heavy atom. The number of aryl methyl sites for hydroxylation is 1. The second-order valence-electron chi connectivity index (χ2n) is 6.24. The third kappa shape index (κ3) is 5.30. The number of guanidine groups is 1. The van der Waals surface area contributed by atoms with Crippen molar-refractivity contribution in [3.8, 4) is 0 Å². The van der Waals surface area contributed by atoms with E-state index in [2.05, 4.69) is 30.2 Å². The number of aliphatic imine (C=N–C) groups is 1. The molecule has 134 valence electrons. The molecular formula is C18H24N4O2S. The van der Waals surface area contributed by atoms with Crippen LogP contribution in [0.2, 0.25) is 0 Å². The van der Waals surface area contributed by atoms with Crippen molar-refractivity contribution in [1.82, 2.24) is 0 Å². The van der Waals surface area contributed by atoms with Crippen molar-refractivity contribution >= 4 is 21.7 Å². The molecule has 2 rings (SSSR count). The van der Waals surface area contributed by atoms with E-state index in [1.807, 2.05) is 25.1 Å². The van der Waals surface area contributed by atoms with Crippen LogP contribution in [0, 0.1) is 6.92 Å². The fourth-order valence-corrected chi connectivity index (χ4v) is 2.95. The Balaban J connectivity index is 2.10. The number of hydrogen-bond donors (Lipinski definition) is 3. The van der Waals surface area contributed by atoms with Gasteiger partial charge < -0.3 is 11.1 Å². The summed E-state index contributed by atoms with van der Waals surface area (Å²) >= 11 is 0. The lowest BCUT2D eigenvalue weighted by atomic mass is 10.0. The topological polar surface area (TPSA) is 111 Å². The molecular weight excluding hydrogens is 336 g/mol. The fraction of sp³-hybridized carbons (Fsp3) is 0.278. The Kier molecular flexibility index (Phi) is 5.81. The van der Waals surface area contributed by atoms with Gasteiger partial charge in [-0.1, -0.05) is 32.0 Å². The van der Waals surface area contributed by atoms with E-state index < -0.39 is 10.0 Å². The number of nitrogens with one attached hydrogen (secondary N) is 1. The minimum absolute atomic E-state index is 0.0920. The van der Waals surface area contributed by atoms with E-state index in [1.165, 1.54) is 17.7 Å². The predicted molar refractivity (Wildman–Crippen MR) is 102 cm³/mol. The van der Waals surface area contributed by atoms with E-state index in [0.717, 1.165) is 16.8 Å². The Labute approximate surface area is 149 Å². The zero-order valence-corrected chi connectivity index (χ0v) is 15.5. The molecule has 0 heterocycles. The minimum Gasteiger partial charge on any atom is -0.370 e. The normalized spacial score (nSPS) is 12.4. The van der Waals surface area contributed by atoms with Crippen LogP contribution in [0.1, 0.15) is 36.5 Å². The number of rotatable bonds is 5. The number of sulfonamides is 1. The van der Waals surface area contributed by atoms with Crippen LogP contribution in [0.25, 0.3) is 0 Å². The van der Waals surface area contributed by atoms with E-state index in [9.17, 15) is 8.42 Å². The molecule has 6 nitrogen and oxygen atoms in total. The van der Waals surface area contributed by atoms with E-state index in [1.54, 1.807) is 6.07 Å². The summed E-state index contributed by atoms with van der Waals surface area (Å²) in [6.45, 7) is 6.42. The summed E-state index contributed by atoms with van der Waals surface area (Å²) < 4.78 is 22.7. The van der Waals surface area contributed by atoms with Crippen molar-refractivity contribution in [2.45, 2.75) is 38.1 Å². The molecule has 0 aromatic heterocycles. The summed E-state index contributed by atoms with van der Waals surface area (Å²) in [5.74, 6) is 0.732. The Morgan fingerprint density at radius 3 is 2.52 bits per heavy atom. The third-order valence-electron chi connectivity index (χ3n) is 3.89. The van der Waals surface area contributed by atoms with Gasteiger partial charge in [0.15, 0.2) is 5.96 Å². The Bertz CT molecular complexity index is 890. The largest absolute Gasteiger partial charge is 0.370 e. The van der Waals surface area contributed by atoms with Crippen molar-refractivity contribution in [2.24, 2.45) is 15.9 Å². The third-order valence-corrected chi connectivity index (χ3v) is 4.80. The molecule has 0 radical (unpaired) electrons. The van der Waals surface area contributed by atoms with Crippen molar-refractivity contribution in [1.29, 1.82) is 0 Å². The summed E-state index contributed by atoms with van der Waals surface area (Å²) in [6.07, 6.45) is 0. The summed E-state index contributed by atoms with van der Waals surface area (Å²) in [5.41, 5.74) is 9.73. The van der Waals surface area contributed by atoms with Gasteiger partial charge in [-0.25, -0.2) is 18.5 Å². The zero-order valence-electron chi connectivity index (χ0n) is 14.7. The van der Waals surface area contributed by atoms with Crippen LogP contribution in [0.4, 0.5) is 5.69 Å². The minimum atomic E-state index is -3.70. The first kappa shape index (κ1) is 19.0. The van der Waals surface area contributed by atoms with Crippen molar-refractivity contribution in [3.05, 3.63) is 59.2 Å². The highest BCUT2D eigenvalue weighted by Crippen LogP contribution is 2.18. The van der Waals surface area contributed by atoms with E-state index >= 15 is 0 Å². The van der Waals surface area contributed by atoms with E-state index in [4.69, 9.17) is 10.9 Å². The van der Waals surface area contributed by atoms with Gasteiger partial charge in [0.2, 0.25) is 10.0 Å². The number of nitrogens with two attached hydrogens (primary N) is 2. The van der Waals surface area contributed by atoms with Gasteiger partial charge in [-0.2, -0.15) is 0 Å². The molecule has 2 aromatic carbocycles. The Morgan fingerprint density at radius 1 is 1.20 bits per heavy atom. The first-order valence-corrected chi connectivity index (χ1v) is 9.50. The van der Waals surface area contributed by atoms with E-state index in [-0.39, 0.29) is 4.90 Å². The van der Waals surface area contributed by atoms with E-state index in [0.29, 0.717) is 18.4 Å². The van der Waals surface area contributed by atoms with Crippen LogP contribution in [0.3, 0.4) is 0 Å². The molecule has 0 amide bonds. The molecule has 7 heteroatoms. The maximum absolute atomic E-state index is 11.4. The molecule has 0 unspecified atom stereocenters. The number of primary sulfonamides is 1. The first-order valence-electron chi connectivity index (χ1n) is 7.96. The SMILES string of the molecule is Cc1cc(S(N)(=O)=O)ccc1CN=C(N)Nc1cccc(C(C)C)c1. The lowest BCUT2D eigenvalue weighted by Gasteiger charge is -2.10. The average molecular weight is 360 g/mol. The van der Waals surface area contributed by atoms with Crippen molar-refractivity contribution in [2.75, 3.05) is 5.32 Å². The van der Waals surface area contributed by atoms with Gasteiger partial charge in [0.05, 0.1) is 11.4 Å². The maximum atomic E-state index is 11.4. The fourth-order valence-electron chi connectivity index (χ4n) is 2.36. The average Bonchev–Trinajstić information content (AvgIpc) is 2.53. The molecule has 5 N–H and O–H groups in total. The van der Waals surface area contributed by atoms with Gasteiger partial charge in [0, 0.05) is 5.69 Å². The van der Waals surface area contributed by atoms with Crippen LogP contribution >= 0.6 is 0 Å². The maximum Gasteiger partial charge on any atom is 0.238 e. The smallest absolute Gasteiger partial charge is 0.238 e. The Hall–Kier alpha value is -2.38. The van der Waals surface area contributed by atoms with Gasteiger partial charge in [-0.05, 0) is 53.8 Å². The molecule has 0 aliphatic heterocycles. The van der Waals surface area contributed by atoms with Gasteiger partial charge in [0.1, 0.15) is 0 Å². The van der Waals surface area contributed by atoms with Crippen LogP contribution in [0.15, 0.2) is 52.4 Å². The number of hydrogen-bond acceptors (Lipinski definition) is 3. The molecule has 0 spiro atoms. The van der Waals surface area contributed by atoms with Gasteiger partial charge >= 0.3 is 0 Å². The van der Waals surface area contributed by atoms with Crippen molar-refractivity contribution in [3.63, 3.8) is 0 Å². The molecule has 0 bridgehead atoms. The molecule has 25 heavy (non-hydrogen) atoms. The molecule has 0 aliphatic rings. The first-order chi connectivity index (χ1) is 11.7. The highest BCUT2D eigenvalue weighted by atomic mass is 32.2. The van der Waals surface area contributed by atoms with Crippen LogP contribution in [-0.4, -0.2) is 14.4 Å². The van der Waals surface area contributed by atoms with Crippen LogP contribution < -0.4 is 16.2 Å². The highest BCUT2D eigenvalue weighted by Gasteiger charge is 2.09. The summed E-state index contributed by atoms with van der Waals surface area (Å²) in [5, 5.41) is 8.21. The number of benzene rings is 2. The quantitative estimate of drug-likeness (QED) is 0.562. The lowest BCUT2D eigenvalue weighted by Crippen LogP contribution is -2.22. The monoisotopic (exact) mass is 360 g/mol. The standard InChI is InChI=1S/C18H24N4O2S/c1-12(2)14-5-4-6-16(10-14)22-18(19)21-11-15-7-8-17(9-13(15)3)25(20,23)24/h4-10,12H,11H2,1-3H3,(H3,19,21,22)(H2,20,23,24). The highest BCUT2D eigenvalue weighted by molar-refractivity contribution is 7.89. The summed E-state index contributed by atoms with van der Waals surface area (Å²) in [7, 11) is -3.70. The second-order valence-corrected chi connectivity index (χ2v) is 7.80. The number of anilines is 1. The molecule has 0 aliphatic carbocycles. The van der Waals surface area contributed by atoms with Crippen molar-refractivity contribution < 1.29 is 8.42 Å². The zero-order chi connectivity index (χ0) is 18.6. The lowest BCUT2D eigenvalue weighted by molar-refractivity contribution is 0.597. The summed E-state index contributed by atoms with van der Waals surface area (Å²) in [4.78, 5) is 4.41. The van der Waals surface area contributed by atoms with Crippen LogP contribution in [-0.2, 0) is 16.6 Å². The molecule has 2 aromatic rings. The van der Waals surface area contributed by atoms with Crippen LogP contribution in [0.5, 0.6) is 0 Å². The van der Waals surface area contributed by atoms with Gasteiger partial charge in [0.25, 0.3) is 0 Å². The summed E-state index contributed by atoms with van der Waals surface area (Å²) in [6, 6.07) is 12.7. The molecule has 0 saturated heterocycles.